The van der Waals surface area contributed by atoms with Gasteiger partial charge in [-0.25, -0.2) is 0 Å². The highest BCUT2D eigenvalue weighted by Gasteiger charge is 2.48. The first-order valence-corrected chi connectivity index (χ1v) is 15.9. The minimum absolute atomic E-state index is 0.0488. The Morgan fingerprint density at radius 2 is 1.74 bits per heavy atom. The molecule has 43 heavy (non-hydrogen) atoms. The van der Waals surface area contributed by atoms with Crippen LogP contribution in [0.5, 0.6) is 23.0 Å². The zero-order valence-corrected chi connectivity index (χ0v) is 26.7. The van der Waals surface area contributed by atoms with Crippen molar-refractivity contribution >= 4 is 16.5 Å². The van der Waals surface area contributed by atoms with E-state index in [0.717, 1.165) is 47.6 Å². The molecular formula is C37H45NO5. The molecule has 0 unspecified atom stereocenters. The normalized spacial score (nSPS) is 27.4. The maximum absolute atomic E-state index is 6.21. The zero-order chi connectivity index (χ0) is 30.0. The largest absolute Gasteiger partial charge is 0.493 e. The Morgan fingerprint density at radius 1 is 0.977 bits per heavy atom. The van der Waals surface area contributed by atoms with Crippen LogP contribution in [0, 0.1) is 23.7 Å². The molecule has 0 aromatic heterocycles. The Kier molecular flexibility index (Phi) is 7.04. The topological polar surface area (TPSA) is 49.4 Å². The van der Waals surface area contributed by atoms with E-state index in [0.29, 0.717) is 23.7 Å². The number of ether oxygens (including phenoxy) is 5. The number of allylic oxidation sites excluding steroid dienone is 1. The van der Waals surface area contributed by atoms with Crippen LogP contribution in [0.2, 0.25) is 0 Å². The van der Waals surface area contributed by atoms with Gasteiger partial charge in [-0.1, -0.05) is 37.6 Å². The molecule has 4 aliphatic rings. The van der Waals surface area contributed by atoms with Gasteiger partial charge >= 0.3 is 0 Å². The van der Waals surface area contributed by atoms with Gasteiger partial charge in [0.25, 0.3) is 0 Å². The van der Waals surface area contributed by atoms with Gasteiger partial charge in [-0.3, -0.25) is 0 Å². The van der Waals surface area contributed by atoms with Crippen LogP contribution in [0.1, 0.15) is 64.5 Å². The number of rotatable bonds is 6. The summed E-state index contributed by atoms with van der Waals surface area (Å²) >= 11 is 0. The van der Waals surface area contributed by atoms with Crippen molar-refractivity contribution in [1.82, 2.24) is 0 Å². The third-order valence-corrected chi connectivity index (χ3v) is 11.2. The molecule has 0 amide bonds. The second-order valence-corrected chi connectivity index (χ2v) is 13.5. The molecule has 2 heterocycles. The molecule has 0 N–H and O–H groups in total. The first kappa shape index (κ1) is 28.4. The minimum Gasteiger partial charge on any atom is -0.493 e. The summed E-state index contributed by atoms with van der Waals surface area (Å²) in [6.07, 6.45) is 8.23. The van der Waals surface area contributed by atoms with E-state index in [2.05, 4.69) is 69.1 Å². The number of nitrogens with zero attached hydrogens (tertiary/aromatic N) is 1. The maximum Gasteiger partial charge on any atom is 0.231 e. The second-order valence-electron chi connectivity index (χ2n) is 13.5. The summed E-state index contributed by atoms with van der Waals surface area (Å²) in [5.41, 5.74) is 6.31. The maximum atomic E-state index is 6.21. The van der Waals surface area contributed by atoms with Crippen LogP contribution < -0.4 is 23.8 Å². The van der Waals surface area contributed by atoms with Crippen LogP contribution in [-0.2, 0) is 4.74 Å². The van der Waals surface area contributed by atoms with Crippen molar-refractivity contribution in [3.63, 3.8) is 0 Å². The van der Waals surface area contributed by atoms with Gasteiger partial charge in [0.2, 0.25) is 6.79 Å². The Labute approximate surface area is 255 Å². The van der Waals surface area contributed by atoms with Crippen molar-refractivity contribution in [3.8, 4) is 34.1 Å². The first-order chi connectivity index (χ1) is 20.8. The summed E-state index contributed by atoms with van der Waals surface area (Å²) < 4.78 is 29.7. The quantitative estimate of drug-likeness (QED) is 0.271. The predicted octanol–water partition coefficient (Wildman–Crippen LogP) is 8.56. The lowest BCUT2D eigenvalue weighted by Gasteiger charge is -2.51. The lowest BCUT2D eigenvalue weighted by molar-refractivity contribution is -0.108. The second kappa shape index (κ2) is 10.7. The molecule has 2 aliphatic heterocycles. The molecule has 1 fully saturated rings. The fourth-order valence-corrected chi connectivity index (χ4v) is 8.82. The van der Waals surface area contributed by atoms with Gasteiger partial charge < -0.3 is 28.6 Å². The summed E-state index contributed by atoms with van der Waals surface area (Å²) in [7, 11) is 7.63. The summed E-state index contributed by atoms with van der Waals surface area (Å²) in [6, 6.07) is 13.0. The van der Waals surface area contributed by atoms with Crippen molar-refractivity contribution < 1.29 is 23.7 Å². The van der Waals surface area contributed by atoms with Crippen LogP contribution in [0.25, 0.3) is 21.9 Å². The van der Waals surface area contributed by atoms with Crippen LogP contribution >= 0.6 is 0 Å². The van der Waals surface area contributed by atoms with Gasteiger partial charge in [0.15, 0.2) is 23.0 Å². The number of anilines is 1. The lowest BCUT2D eigenvalue weighted by Crippen LogP contribution is -2.49. The van der Waals surface area contributed by atoms with Crippen LogP contribution in [0.3, 0.4) is 0 Å². The van der Waals surface area contributed by atoms with Crippen molar-refractivity contribution in [2.75, 3.05) is 40.1 Å². The Bertz CT molecular complexity index is 1590. The molecule has 0 bridgehead atoms. The summed E-state index contributed by atoms with van der Waals surface area (Å²) in [5, 5.41) is 2.33. The van der Waals surface area contributed by atoms with Crippen molar-refractivity contribution in [2.24, 2.45) is 23.7 Å². The Morgan fingerprint density at radius 3 is 2.47 bits per heavy atom. The van der Waals surface area contributed by atoms with Gasteiger partial charge in [0.05, 0.1) is 31.5 Å². The molecule has 0 saturated heterocycles. The molecule has 3 aromatic carbocycles. The van der Waals surface area contributed by atoms with E-state index in [1.807, 2.05) is 13.2 Å². The van der Waals surface area contributed by atoms with Crippen LogP contribution in [0.4, 0.5) is 5.69 Å². The highest BCUT2D eigenvalue weighted by atomic mass is 16.7. The Balaban J connectivity index is 1.36. The molecule has 0 spiro atoms. The number of methoxy groups -OCH3 is 3. The third-order valence-electron chi connectivity index (χ3n) is 11.2. The molecule has 0 radical (unpaired) electrons. The summed E-state index contributed by atoms with van der Waals surface area (Å²) in [6.45, 7) is 7.40. The van der Waals surface area contributed by atoms with Gasteiger partial charge in [-0.2, -0.15) is 0 Å². The SMILES string of the molecule is COc1ccc2c(c1OC)[C@@H](CC1=C[C@H]3[C@H](C(C)C)CC[C@](C)(OC)[C@H]3CC1)N(C)c1c-2ccc2cc3c(cc12)OCO3. The number of hydrogen-bond donors (Lipinski definition) is 0. The Hall–Kier alpha value is -3.38. The minimum atomic E-state index is -0.0488. The van der Waals surface area contributed by atoms with Gasteiger partial charge in [-0.05, 0) is 97.9 Å². The summed E-state index contributed by atoms with van der Waals surface area (Å²) in [4.78, 5) is 2.47. The van der Waals surface area contributed by atoms with Crippen molar-refractivity contribution in [1.29, 1.82) is 0 Å². The number of fused-ring (bicyclic) bond motifs is 7. The standard InChI is InChI=1S/C37H45NO5/c1-21(2)24-14-15-37(3,41-7)29-12-8-22(16-28(24)29)17-30-34-25(11-13-31(39-5)36(34)40-6)26-10-9-23-18-32-33(43-20-42-32)19-27(23)35(26)38(30)4/h9-11,13,16,18-19,21,24,28-30H,8,12,14-15,17,20H2,1-7H3/t24-,28-,29-,30+,37-/m0/s1. The van der Waals surface area contributed by atoms with E-state index in [4.69, 9.17) is 23.7 Å². The average Bonchev–Trinajstić information content (AvgIpc) is 3.48. The number of benzene rings is 3. The fraction of sp³-hybridized carbons (Fsp3) is 0.514. The van der Waals surface area contributed by atoms with Crippen LogP contribution in [0.15, 0.2) is 48.0 Å². The van der Waals surface area contributed by atoms with E-state index in [-0.39, 0.29) is 18.4 Å². The van der Waals surface area contributed by atoms with Gasteiger partial charge in [-0.15, -0.1) is 0 Å². The molecule has 5 atom stereocenters. The van der Waals surface area contributed by atoms with Crippen molar-refractivity contribution in [3.05, 3.63) is 53.6 Å². The summed E-state index contributed by atoms with van der Waals surface area (Å²) in [5.74, 6) is 5.65. The zero-order valence-electron chi connectivity index (χ0n) is 26.7. The molecule has 6 heteroatoms. The predicted molar refractivity (Wildman–Crippen MR) is 172 cm³/mol. The molecule has 3 aromatic rings. The average molecular weight is 584 g/mol. The molecule has 6 nitrogen and oxygen atoms in total. The first-order valence-electron chi connectivity index (χ1n) is 15.9. The van der Waals surface area contributed by atoms with Crippen molar-refractivity contribution in [2.45, 2.75) is 64.5 Å². The third kappa shape index (κ3) is 4.39. The van der Waals surface area contributed by atoms with Crippen LogP contribution in [-0.4, -0.2) is 40.8 Å². The van der Waals surface area contributed by atoms with E-state index in [1.54, 1.807) is 19.8 Å². The van der Waals surface area contributed by atoms with E-state index in [9.17, 15) is 0 Å². The van der Waals surface area contributed by atoms with E-state index in [1.165, 1.54) is 40.6 Å². The highest BCUT2D eigenvalue weighted by molar-refractivity contribution is 6.05. The fourth-order valence-electron chi connectivity index (χ4n) is 8.82. The molecule has 1 saturated carbocycles. The monoisotopic (exact) mass is 583 g/mol. The van der Waals surface area contributed by atoms with E-state index < -0.39 is 0 Å². The molecule has 228 valence electrons. The lowest BCUT2D eigenvalue weighted by atomic mass is 9.58. The molecule has 2 aliphatic carbocycles. The van der Waals surface area contributed by atoms with Gasteiger partial charge in [0.1, 0.15) is 0 Å². The highest BCUT2D eigenvalue weighted by Crippen LogP contribution is 2.57. The number of hydrogen-bond acceptors (Lipinski definition) is 6. The molecule has 7 rings (SSSR count). The van der Waals surface area contributed by atoms with E-state index >= 15 is 0 Å². The van der Waals surface area contributed by atoms with Gasteiger partial charge in [0, 0.05) is 30.7 Å². The smallest absolute Gasteiger partial charge is 0.231 e. The molecular weight excluding hydrogens is 538 g/mol.